The minimum atomic E-state index is -0.161. The summed E-state index contributed by atoms with van der Waals surface area (Å²) in [5.74, 6) is 0.922. The lowest BCUT2D eigenvalue weighted by Crippen LogP contribution is -2.21. The van der Waals surface area contributed by atoms with Crippen LogP contribution in [0.25, 0.3) is 0 Å². The fourth-order valence-corrected chi connectivity index (χ4v) is 1.38. The van der Waals surface area contributed by atoms with Crippen molar-refractivity contribution >= 4 is 0 Å². The van der Waals surface area contributed by atoms with Gasteiger partial charge in [0.2, 0.25) is 0 Å². The van der Waals surface area contributed by atoms with E-state index in [1.165, 1.54) is 4.57 Å². The third-order valence-corrected chi connectivity index (χ3v) is 2.40. The molecule has 0 atom stereocenters. The molecular weight excluding hydrogens is 216 g/mol. The van der Waals surface area contributed by atoms with E-state index in [0.717, 1.165) is 6.42 Å². The van der Waals surface area contributed by atoms with Gasteiger partial charge in [-0.1, -0.05) is 13.8 Å². The van der Waals surface area contributed by atoms with Gasteiger partial charge < -0.3 is 9.30 Å². The molecule has 1 aromatic rings. The highest BCUT2D eigenvalue weighted by molar-refractivity contribution is 5.17. The third-order valence-electron chi connectivity index (χ3n) is 2.40. The lowest BCUT2D eigenvalue weighted by atomic mass is 10.1. The van der Waals surface area contributed by atoms with Crippen LogP contribution >= 0.6 is 0 Å². The van der Waals surface area contributed by atoms with Crippen LogP contribution in [0.4, 0.5) is 0 Å². The molecule has 17 heavy (non-hydrogen) atoms. The Kier molecular flexibility index (Phi) is 5.28. The van der Waals surface area contributed by atoms with E-state index in [0.29, 0.717) is 31.2 Å². The summed E-state index contributed by atoms with van der Waals surface area (Å²) in [5, 5.41) is 8.49. The number of pyridine rings is 1. The average Bonchev–Trinajstić information content (AvgIpc) is 2.29. The van der Waals surface area contributed by atoms with Crippen molar-refractivity contribution in [3.05, 3.63) is 28.7 Å². The molecule has 1 aromatic heterocycles. The molecule has 1 rings (SSSR count). The first kappa shape index (κ1) is 13.3. The van der Waals surface area contributed by atoms with E-state index < -0.39 is 0 Å². The molecule has 0 bridgehead atoms. The normalized spacial score (nSPS) is 10.2. The smallest absolute Gasteiger partial charge is 0.292 e. The van der Waals surface area contributed by atoms with Gasteiger partial charge in [0.05, 0.1) is 19.1 Å². The van der Waals surface area contributed by atoms with Gasteiger partial charge in [-0.25, -0.2) is 0 Å². The predicted octanol–water partition coefficient (Wildman–Crippen LogP) is 2.19. The van der Waals surface area contributed by atoms with Crippen LogP contribution in [-0.4, -0.2) is 11.2 Å². The minimum Gasteiger partial charge on any atom is -0.488 e. The lowest BCUT2D eigenvalue weighted by molar-refractivity contribution is 0.283. The highest BCUT2D eigenvalue weighted by atomic mass is 16.5. The number of rotatable bonds is 6. The number of aromatic nitrogens is 1. The molecule has 0 aliphatic carbocycles. The fraction of sp³-hybridized carbons (Fsp3) is 0.538. The average molecular weight is 234 g/mol. The molecule has 0 fully saturated rings. The largest absolute Gasteiger partial charge is 0.488 e. The maximum Gasteiger partial charge on any atom is 0.292 e. The van der Waals surface area contributed by atoms with Gasteiger partial charge in [-0.2, -0.15) is 5.26 Å². The van der Waals surface area contributed by atoms with Crippen molar-refractivity contribution in [1.82, 2.24) is 4.57 Å². The standard InChI is InChI=1S/C13H18N2O2/c1-11(2)6-10-17-12-5-3-8-15(13(12)16)9-4-7-14/h3,5,8,11H,4,6,9-10H2,1-2H3. The molecule has 4 heteroatoms. The van der Waals surface area contributed by atoms with Gasteiger partial charge in [0.1, 0.15) is 0 Å². The summed E-state index contributed by atoms with van der Waals surface area (Å²) in [6.07, 6.45) is 2.93. The monoisotopic (exact) mass is 234 g/mol. The number of nitrogens with zero attached hydrogens (tertiary/aromatic N) is 2. The summed E-state index contributed by atoms with van der Waals surface area (Å²) in [6.45, 7) is 5.19. The molecule has 1 heterocycles. The summed E-state index contributed by atoms with van der Waals surface area (Å²) in [7, 11) is 0. The van der Waals surface area contributed by atoms with E-state index in [2.05, 4.69) is 13.8 Å². The molecule has 0 saturated heterocycles. The van der Waals surface area contributed by atoms with E-state index in [1.807, 2.05) is 6.07 Å². The number of hydrogen-bond donors (Lipinski definition) is 0. The summed E-state index contributed by atoms with van der Waals surface area (Å²) in [4.78, 5) is 11.9. The molecule has 4 nitrogen and oxygen atoms in total. The van der Waals surface area contributed by atoms with E-state index >= 15 is 0 Å². The van der Waals surface area contributed by atoms with Gasteiger partial charge in [-0.3, -0.25) is 4.79 Å². The topological polar surface area (TPSA) is 55.0 Å². The predicted molar refractivity (Wildman–Crippen MR) is 65.9 cm³/mol. The quantitative estimate of drug-likeness (QED) is 0.758. The Morgan fingerprint density at radius 1 is 1.53 bits per heavy atom. The first-order valence-electron chi connectivity index (χ1n) is 5.84. The van der Waals surface area contributed by atoms with Crippen LogP contribution in [0.15, 0.2) is 23.1 Å². The molecule has 0 saturated carbocycles. The third kappa shape index (κ3) is 4.31. The van der Waals surface area contributed by atoms with Crippen LogP contribution in [-0.2, 0) is 6.54 Å². The number of nitriles is 1. The van der Waals surface area contributed by atoms with Crippen LogP contribution in [0, 0.1) is 17.2 Å². The number of ether oxygens (including phenoxy) is 1. The molecule has 0 spiro atoms. The molecule has 0 aliphatic heterocycles. The van der Waals surface area contributed by atoms with Crippen molar-refractivity contribution in [2.75, 3.05) is 6.61 Å². The second kappa shape index (κ2) is 6.74. The fourth-order valence-electron chi connectivity index (χ4n) is 1.38. The molecule has 0 unspecified atom stereocenters. The maximum absolute atomic E-state index is 11.9. The Labute approximate surface area is 101 Å². The molecular formula is C13H18N2O2. The first-order valence-corrected chi connectivity index (χ1v) is 5.84. The molecule has 0 aromatic carbocycles. The Balaban J connectivity index is 2.67. The van der Waals surface area contributed by atoms with Gasteiger partial charge in [-0.15, -0.1) is 0 Å². The van der Waals surface area contributed by atoms with Crippen molar-refractivity contribution in [1.29, 1.82) is 5.26 Å². The second-order valence-electron chi connectivity index (χ2n) is 4.31. The lowest BCUT2D eigenvalue weighted by Gasteiger charge is -2.09. The highest BCUT2D eigenvalue weighted by Crippen LogP contribution is 2.05. The molecule has 0 aliphatic rings. The van der Waals surface area contributed by atoms with Gasteiger partial charge in [0.15, 0.2) is 5.75 Å². The van der Waals surface area contributed by atoms with Crippen LogP contribution < -0.4 is 10.3 Å². The highest BCUT2D eigenvalue weighted by Gasteiger charge is 2.04. The molecule has 92 valence electrons. The zero-order valence-corrected chi connectivity index (χ0v) is 10.3. The summed E-state index contributed by atoms with van der Waals surface area (Å²) in [6, 6.07) is 5.46. The van der Waals surface area contributed by atoms with Crippen molar-refractivity contribution in [3.8, 4) is 11.8 Å². The van der Waals surface area contributed by atoms with Crippen molar-refractivity contribution < 1.29 is 4.74 Å². The van der Waals surface area contributed by atoms with E-state index in [9.17, 15) is 4.79 Å². The minimum absolute atomic E-state index is 0.161. The molecule has 0 N–H and O–H groups in total. The maximum atomic E-state index is 11.9. The Morgan fingerprint density at radius 3 is 2.94 bits per heavy atom. The van der Waals surface area contributed by atoms with Gasteiger partial charge >= 0.3 is 0 Å². The van der Waals surface area contributed by atoms with E-state index in [1.54, 1.807) is 18.3 Å². The number of aryl methyl sites for hydroxylation is 1. The summed E-state index contributed by atoms with van der Waals surface area (Å²) >= 11 is 0. The van der Waals surface area contributed by atoms with Crippen LogP contribution in [0.3, 0.4) is 0 Å². The van der Waals surface area contributed by atoms with Gasteiger partial charge in [0.25, 0.3) is 5.56 Å². The Morgan fingerprint density at radius 2 is 2.29 bits per heavy atom. The second-order valence-corrected chi connectivity index (χ2v) is 4.31. The summed E-state index contributed by atoms with van der Waals surface area (Å²) in [5.41, 5.74) is -0.161. The van der Waals surface area contributed by atoms with Gasteiger partial charge in [-0.05, 0) is 24.5 Å². The van der Waals surface area contributed by atoms with Crippen molar-refractivity contribution in [3.63, 3.8) is 0 Å². The first-order chi connectivity index (χ1) is 8.15. The SMILES string of the molecule is CC(C)CCOc1cccn(CCC#N)c1=O. The van der Waals surface area contributed by atoms with E-state index in [-0.39, 0.29) is 5.56 Å². The summed E-state index contributed by atoms with van der Waals surface area (Å²) < 4.78 is 6.96. The van der Waals surface area contributed by atoms with Crippen molar-refractivity contribution in [2.45, 2.75) is 33.2 Å². The zero-order chi connectivity index (χ0) is 12.7. The zero-order valence-electron chi connectivity index (χ0n) is 10.3. The van der Waals surface area contributed by atoms with Crippen LogP contribution in [0.1, 0.15) is 26.7 Å². The van der Waals surface area contributed by atoms with E-state index in [4.69, 9.17) is 10.00 Å². The van der Waals surface area contributed by atoms with Crippen LogP contribution in [0.5, 0.6) is 5.75 Å². The van der Waals surface area contributed by atoms with Crippen LogP contribution in [0.2, 0.25) is 0 Å². The number of hydrogen-bond acceptors (Lipinski definition) is 3. The Bertz CT molecular complexity index is 443. The van der Waals surface area contributed by atoms with Crippen molar-refractivity contribution in [2.24, 2.45) is 5.92 Å². The molecule has 0 radical (unpaired) electrons. The van der Waals surface area contributed by atoms with Gasteiger partial charge in [0, 0.05) is 12.7 Å². The Hall–Kier alpha value is -1.76. The molecule has 0 amide bonds.